The molecule has 0 spiro atoms. The second kappa shape index (κ2) is 9.90. The van der Waals surface area contributed by atoms with E-state index in [1.807, 2.05) is 6.92 Å². The molecule has 0 aliphatic carbocycles. The zero-order valence-electron chi connectivity index (χ0n) is 16.2. The summed E-state index contributed by atoms with van der Waals surface area (Å²) in [4.78, 5) is 27.4. The van der Waals surface area contributed by atoms with Crippen molar-refractivity contribution in [1.82, 2.24) is 5.32 Å². The largest absolute Gasteiger partial charge is 0.490 e. The molecule has 1 aliphatic rings. The van der Waals surface area contributed by atoms with Crippen LogP contribution in [0.2, 0.25) is 0 Å². The Morgan fingerprint density at radius 2 is 2.10 bits per heavy atom. The van der Waals surface area contributed by atoms with Gasteiger partial charge in [0.1, 0.15) is 12.4 Å². The quantitative estimate of drug-likeness (QED) is 0.592. The van der Waals surface area contributed by atoms with Crippen LogP contribution in [0.15, 0.2) is 50.8 Å². The molecule has 2 amide bonds. The zero-order valence-corrected chi connectivity index (χ0v) is 18.6. The van der Waals surface area contributed by atoms with Crippen LogP contribution in [0.3, 0.4) is 0 Å². The Hall–Kier alpha value is -2.65. The molecule has 2 aromatic rings. The lowest BCUT2D eigenvalue weighted by atomic mass is 10.1. The first-order chi connectivity index (χ1) is 14.4. The van der Waals surface area contributed by atoms with Crippen LogP contribution in [-0.4, -0.2) is 23.6 Å². The second-order valence-corrected chi connectivity index (χ2v) is 8.08. The van der Waals surface area contributed by atoms with E-state index in [9.17, 15) is 14.0 Å². The molecule has 1 N–H and O–H groups in total. The van der Waals surface area contributed by atoms with Crippen LogP contribution in [0.5, 0.6) is 11.5 Å². The van der Waals surface area contributed by atoms with Crippen LogP contribution in [-0.2, 0) is 16.2 Å². The van der Waals surface area contributed by atoms with Crippen molar-refractivity contribution in [1.29, 1.82) is 0 Å². The Bertz CT molecular complexity index is 1060. The Balaban J connectivity index is 1.82. The van der Waals surface area contributed by atoms with Gasteiger partial charge in [-0.05, 0) is 76.1 Å². The number of ether oxygens (including phenoxy) is 2. The monoisotopic (exact) mass is 492 g/mol. The molecule has 0 saturated carbocycles. The molecule has 0 atom stereocenters. The molecule has 9 heteroatoms. The maximum atomic E-state index is 13.4. The number of hydrogen-bond acceptors (Lipinski definition) is 5. The molecule has 30 heavy (non-hydrogen) atoms. The standard InChI is InChI=1S/C21H18BrFN2O4S/c1-3-28-17-9-14(10-18-20(27)25-21(30-18)24-12(2)26)8-16(22)19(17)29-11-13-5-4-6-15(23)7-13/h4-10H,3,11H2,1-2H3,(H,24,25,26,27)/b18-10+. The Labute approximate surface area is 185 Å². The third kappa shape index (κ3) is 5.70. The summed E-state index contributed by atoms with van der Waals surface area (Å²) >= 11 is 4.57. The second-order valence-electron chi connectivity index (χ2n) is 6.20. The maximum Gasteiger partial charge on any atom is 0.286 e. The maximum absolute atomic E-state index is 13.4. The number of halogens is 2. The van der Waals surface area contributed by atoms with Gasteiger partial charge in [-0.1, -0.05) is 12.1 Å². The third-order valence-corrected chi connectivity index (χ3v) is 5.29. The van der Waals surface area contributed by atoms with Crippen LogP contribution in [0, 0.1) is 5.82 Å². The van der Waals surface area contributed by atoms with Crippen molar-refractivity contribution in [3.8, 4) is 11.5 Å². The first kappa shape index (κ1) is 22.0. The highest BCUT2D eigenvalue weighted by Crippen LogP contribution is 2.39. The van der Waals surface area contributed by atoms with Crippen molar-refractivity contribution >= 4 is 50.7 Å². The van der Waals surface area contributed by atoms with Crippen LogP contribution < -0.4 is 14.8 Å². The Morgan fingerprint density at radius 3 is 2.80 bits per heavy atom. The minimum atomic E-state index is -0.427. The highest BCUT2D eigenvalue weighted by Gasteiger charge is 2.23. The lowest BCUT2D eigenvalue weighted by Gasteiger charge is -2.15. The number of benzene rings is 2. The first-order valence-electron chi connectivity index (χ1n) is 8.99. The topological polar surface area (TPSA) is 77.0 Å². The van der Waals surface area contributed by atoms with E-state index in [0.717, 1.165) is 11.8 Å². The van der Waals surface area contributed by atoms with Crippen LogP contribution in [0.1, 0.15) is 25.0 Å². The normalized spacial score (nSPS) is 14.6. The number of nitrogens with zero attached hydrogens (tertiary/aromatic N) is 1. The molecule has 6 nitrogen and oxygen atoms in total. The van der Waals surface area contributed by atoms with E-state index in [4.69, 9.17) is 9.47 Å². The smallest absolute Gasteiger partial charge is 0.286 e. The molecular formula is C21H18BrFN2O4S. The molecule has 0 saturated heterocycles. The minimum absolute atomic E-state index is 0.166. The summed E-state index contributed by atoms with van der Waals surface area (Å²) in [6, 6.07) is 9.69. The van der Waals surface area contributed by atoms with Gasteiger partial charge in [0.05, 0.1) is 16.0 Å². The minimum Gasteiger partial charge on any atom is -0.490 e. The van der Waals surface area contributed by atoms with Crippen LogP contribution in [0.25, 0.3) is 6.08 Å². The van der Waals surface area contributed by atoms with Crippen molar-refractivity contribution in [3.05, 3.63) is 62.7 Å². The fourth-order valence-corrected chi connectivity index (χ4v) is 4.05. The number of carbonyl (C=O) groups excluding carboxylic acids is 2. The Kier molecular flexibility index (Phi) is 7.28. The molecule has 0 bridgehead atoms. The number of rotatable bonds is 6. The molecule has 156 valence electrons. The molecule has 1 aliphatic heterocycles. The van der Waals surface area contributed by atoms with Gasteiger partial charge in [0, 0.05) is 6.92 Å². The molecule has 1 heterocycles. The summed E-state index contributed by atoms with van der Waals surface area (Å²) in [5.74, 6) is -0.0973. The summed E-state index contributed by atoms with van der Waals surface area (Å²) in [5.41, 5.74) is 1.38. The van der Waals surface area contributed by atoms with E-state index in [1.54, 1.807) is 30.3 Å². The van der Waals surface area contributed by atoms with Gasteiger partial charge < -0.3 is 14.8 Å². The van der Waals surface area contributed by atoms with Gasteiger partial charge in [0.25, 0.3) is 5.91 Å². The molecule has 0 aromatic heterocycles. The molecule has 2 aromatic carbocycles. The predicted octanol–water partition coefficient (Wildman–Crippen LogP) is 4.67. The summed E-state index contributed by atoms with van der Waals surface area (Å²) in [7, 11) is 0. The zero-order chi connectivity index (χ0) is 21.7. The summed E-state index contributed by atoms with van der Waals surface area (Å²) in [6.07, 6.45) is 1.66. The average molecular weight is 493 g/mol. The van der Waals surface area contributed by atoms with Crippen LogP contribution >= 0.6 is 27.7 Å². The number of aliphatic imine (C=N–C) groups is 1. The third-order valence-electron chi connectivity index (χ3n) is 3.81. The van der Waals surface area contributed by atoms with E-state index in [-0.39, 0.29) is 23.5 Å². The fourth-order valence-electron chi connectivity index (χ4n) is 2.62. The predicted molar refractivity (Wildman–Crippen MR) is 118 cm³/mol. The van der Waals surface area contributed by atoms with Crippen molar-refractivity contribution < 1.29 is 23.5 Å². The average Bonchev–Trinajstić information content (AvgIpc) is 2.99. The molecule has 0 fully saturated rings. The van der Waals surface area contributed by atoms with Gasteiger partial charge in [0.2, 0.25) is 5.91 Å². The van der Waals surface area contributed by atoms with Crippen molar-refractivity contribution in [2.45, 2.75) is 20.5 Å². The van der Waals surface area contributed by atoms with Crippen molar-refractivity contribution in [2.24, 2.45) is 4.99 Å². The number of amides is 2. The van der Waals surface area contributed by atoms with Gasteiger partial charge in [0.15, 0.2) is 16.7 Å². The molecule has 0 radical (unpaired) electrons. The molecular weight excluding hydrogens is 475 g/mol. The molecule has 0 unspecified atom stereocenters. The fraction of sp³-hybridized carbons (Fsp3) is 0.190. The summed E-state index contributed by atoms with van der Waals surface area (Å²) in [5, 5.41) is 2.76. The number of nitrogens with one attached hydrogen (secondary N) is 1. The van der Waals surface area contributed by atoms with Gasteiger partial charge in [-0.25, -0.2) is 4.39 Å². The SMILES string of the molecule is CCOc1cc(/C=C2/SC(NC(C)=O)=NC2=O)cc(Br)c1OCc1cccc(F)c1. The van der Waals surface area contributed by atoms with Gasteiger partial charge in [-0.2, -0.15) is 4.99 Å². The van der Waals surface area contributed by atoms with E-state index < -0.39 is 5.91 Å². The lowest BCUT2D eigenvalue weighted by molar-refractivity contribution is -0.117. The van der Waals surface area contributed by atoms with Gasteiger partial charge in [-0.3, -0.25) is 9.59 Å². The van der Waals surface area contributed by atoms with Crippen molar-refractivity contribution in [2.75, 3.05) is 6.61 Å². The highest BCUT2D eigenvalue weighted by atomic mass is 79.9. The van der Waals surface area contributed by atoms with Gasteiger partial charge in [-0.15, -0.1) is 0 Å². The highest BCUT2D eigenvalue weighted by molar-refractivity contribution is 9.10. The summed E-state index contributed by atoms with van der Waals surface area (Å²) < 4.78 is 25.6. The van der Waals surface area contributed by atoms with E-state index >= 15 is 0 Å². The number of amidine groups is 1. The van der Waals surface area contributed by atoms with Gasteiger partial charge >= 0.3 is 0 Å². The number of hydrogen-bond donors (Lipinski definition) is 1. The van der Waals surface area contributed by atoms with Crippen molar-refractivity contribution in [3.63, 3.8) is 0 Å². The summed E-state index contributed by atoms with van der Waals surface area (Å²) in [6.45, 7) is 3.77. The number of thioether (sulfide) groups is 1. The van der Waals surface area contributed by atoms with E-state index in [2.05, 4.69) is 26.2 Å². The van der Waals surface area contributed by atoms with Crippen LogP contribution in [0.4, 0.5) is 4.39 Å². The number of carbonyl (C=O) groups is 2. The first-order valence-corrected chi connectivity index (χ1v) is 10.6. The molecule has 3 rings (SSSR count). The lowest BCUT2D eigenvalue weighted by Crippen LogP contribution is -2.23. The Morgan fingerprint density at radius 1 is 1.30 bits per heavy atom. The van der Waals surface area contributed by atoms with E-state index in [0.29, 0.717) is 38.6 Å². The van der Waals surface area contributed by atoms with E-state index in [1.165, 1.54) is 19.1 Å².